The highest BCUT2D eigenvalue weighted by molar-refractivity contribution is 6.42. The van der Waals surface area contributed by atoms with Gasteiger partial charge in [-0.15, -0.1) is 0 Å². The van der Waals surface area contributed by atoms with Gasteiger partial charge in [-0.05, 0) is 50.9 Å². The van der Waals surface area contributed by atoms with Crippen LogP contribution in [0.5, 0.6) is 0 Å². The zero-order chi connectivity index (χ0) is 21.0. The molecule has 1 aromatic carbocycles. The molecule has 0 saturated carbocycles. The Morgan fingerprint density at radius 1 is 1.14 bits per heavy atom. The third-order valence-electron chi connectivity index (χ3n) is 5.64. The van der Waals surface area contributed by atoms with Gasteiger partial charge in [-0.1, -0.05) is 23.2 Å². The Morgan fingerprint density at radius 2 is 1.86 bits per heavy atom. The second kappa shape index (κ2) is 9.98. The highest BCUT2D eigenvalue weighted by atomic mass is 35.5. The topological polar surface area (TPSA) is 76.1 Å². The summed E-state index contributed by atoms with van der Waals surface area (Å²) in [4.78, 5) is 31.1. The van der Waals surface area contributed by atoms with Crippen molar-refractivity contribution in [3.8, 4) is 0 Å². The summed E-state index contributed by atoms with van der Waals surface area (Å²) in [5.74, 6) is -0.0328. The Morgan fingerprint density at radius 3 is 2.55 bits per heavy atom. The molecule has 1 aromatic rings. The highest BCUT2D eigenvalue weighted by Gasteiger charge is 2.34. The van der Waals surface area contributed by atoms with Crippen LogP contribution in [0.4, 0.5) is 10.5 Å². The van der Waals surface area contributed by atoms with E-state index in [9.17, 15) is 14.7 Å². The van der Waals surface area contributed by atoms with Gasteiger partial charge < -0.3 is 25.1 Å². The predicted octanol–water partition coefficient (Wildman–Crippen LogP) is 2.90. The van der Waals surface area contributed by atoms with Gasteiger partial charge in [0.05, 0.1) is 16.1 Å². The summed E-state index contributed by atoms with van der Waals surface area (Å²) in [5, 5.41) is 13.1. The van der Waals surface area contributed by atoms with E-state index in [1.807, 2.05) is 4.90 Å². The van der Waals surface area contributed by atoms with Crippen molar-refractivity contribution in [1.82, 2.24) is 14.7 Å². The maximum absolute atomic E-state index is 12.7. The van der Waals surface area contributed by atoms with Gasteiger partial charge in [-0.3, -0.25) is 4.79 Å². The minimum Gasteiger partial charge on any atom is -0.393 e. The molecule has 7 nitrogen and oxygen atoms in total. The minimum atomic E-state index is -0.517. The molecule has 3 rings (SSSR count). The summed E-state index contributed by atoms with van der Waals surface area (Å²) in [5.41, 5.74) is 0.540. The first-order valence-electron chi connectivity index (χ1n) is 10.1. The highest BCUT2D eigenvalue weighted by Crippen LogP contribution is 2.25. The largest absolute Gasteiger partial charge is 0.393 e. The van der Waals surface area contributed by atoms with E-state index >= 15 is 0 Å². The first-order chi connectivity index (χ1) is 13.8. The Hall–Kier alpha value is -1.54. The maximum Gasteiger partial charge on any atom is 0.322 e. The number of aliphatic hydroxyl groups is 1. The Labute approximate surface area is 181 Å². The molecule has 2 aliphatic rings. The van der Waals surface area contributed by atoms with Gasteiger partial charge >= 0.3 is 6.03 Å². The molecule has 1 atom stereocenters. The number of nitrogens with one attached hydrogen (secondary N) is 1. The SMILES string of the molecule is CC1C(=O)N(CCCN2CCC(O)CC2)CCN1C(=O)Nc1ccc(Cl)c(Cl)c1. The molecule has 1 unspecified atom stereocenters. The quantitative estimate of drug-likeness (QED) is 0.734. The molecule has 2 saturated heterocycles. The first-order valence-corrected chi connectivity index (χ1v) is 10.8. The standard InChI is InChI=1S/C20H28Cl2N4O3/c1-14-19(28)25(8-2-7-24-9-5-16(27)6-10-24)11-12-26(14)20(29)23-15-3-4-17(21)18(22)13-15/h3-4,13-14,16,27H,2,5-12H2,1H3,(H,23,29). The lowest BCUT2D eigenvalue weighted by molar-refractivity contribution is -0.139. The zero-order valence-electron chi connectivity index (χ0n) is 16.6. The Balaban J connectivity index is 1.47. The third kappa shape index (κ3) is 5.75. The normalized spacial score (nSPS) is 21.5. The molecule has 0 radical (unpaired) electrons. The second-order valence-corrected chi connectivity index (χ2v) is 8.49. The van der Waals surface area contributed by atoms with Crippen molar-refractivity contribution in [2.45, 2.75) is 38.3 Å². The molecule has 0 bridgehead atoms. The van der Waals surface area contributed by atoms with Crippen LogP contribution < -0.4 is 5.32 Å². The number of carbonyl (C=O) groups is 2. The van der Waals surface area contributed by atoms with Crippen molar-refractivity contribution in [2.24, 2.45) is 0 Å². The van der Waals surface area contributed by atoms with Crippen LogP contribution in [0.1, 0.15) is 26.2 Å². The predicted molar refractivity (Wildman–Crippen MR) is 115 cm³/mol. The van der Waals surface area contributed by atoms with Crippen LogP contribution in [0, 0.1) is 0 Å². The summed E-state index contributed by atoms with van der Waals surface area (Å²) in [6, 6.07) is 4.04. The van der Waals surface area contributed by atoms with Crippen LogP contribution in [0.3, 0.4) is 0 Å². The minimum absolute atomic E-state index is 0.0328. The van der Waals surface area contributed by atoms with Gasteiger partial charge in [0.2, 0.25) is 5.91 Å². The van der Waals surface area contributed by atoms with E-state index in [4.69, 9.17) is 23.2 Å². The molecule has 2 fully saturated rings. The summed E-state index contributed by atoms with van der Waals surface area (Å²) in [7, 11) is 0. The molecule has 0 spiro atoms. The van der Waals surface area contributed by atoms with Gasteiger partial charge in [0.1, 0.15) is 6.04 Å². The first kappa shape index (κ1) is 22.2. The van der Waals surface area contributed by atoms with Gasteiger partial charge in [-0.25, -0.2) is 4.79 Å². The van der Waals surface area contributed by atoms with E-state index in [1.165, 1.54) is 0 Å². The summed E-state index contributed by atoms with van der Waals surface area (Å²) >= 11 is 11.9. The average molecular weight is 443 g/mol. The number of piperazine rings is 1. The number of benzene rings is 1. The lowest BCUT2D eigenvalue weighted by atomic mass is 10.1. The number of aliphatic hydroxyl groups excluding tert-OH is 1. The molecular weight excluding hydrogens is 415 g/mol. The molecule has 3 amide bonds. The number of rotatable bonds is 5. The number of hydrogen-bond acceptors (Lipinski definition) is 4. The molecule has 160 valence electrons. The number of hydrogen-bond donors (Lipinski definition) is 2. The Kier molecular flexibility index (Phi) is 7.62. The van der Waals surface area contributed by atoms with Crippen molar-refractivity contribution >= 4 is 40.8 Å². The molecule has 29 heavy (non-hydrogen) atoms. The second-order valence-electron chi connectivity index (χ2n) is 7.68. The van der Waals surface area contributed by atoms with Crippen molar-refractivity contribution in [1.29, 1.82) is 0 Å². The fourth-order valence-electron chi connectivity index (χ4n) is 3.83. The summed E-state index contributed by atoms with van der Waals surface area (Å²) in [6.07, 6.45) is 2.37. The lowest BCUT2D eigenvalue weighted by Gasteiger charge is -2.39. The fraction of sp³-hybridized carbons (Fsp3) is 0.600. The third-order valence-corrected chi connectivity index (χ3v) is 6.38. The summed E-state index contributed by atoms with van der Waals surface area (Å²) < 4.78 is 0. The van der Waals surface area contributed by atoms with Crippen molar-refractivity contribution in [3.63, 3.8) is 0 Å². The Bertz CT molecular complexity index is 740. The smallest absolute Gasteiger partial charge is 0.322 e. The number of likely N-dealkylation sites (tertiary alicyclic amines) is 1. The van der Waals surface area contributed by atoms with Gasteiger partial charge in [0.25, 0.3) is 0 Å². The number of nitrogens with zero attached hydrogens (tertiary/aromatic N) is 3. The van der Waals surface area contributed by atoms with Crippen LogP contribution in [0.15, 0.2) is 18.2 Å². The number of piperidine rings is 1. The van der Waals surface area contributed by atoms with E-state index in [1.54, 1.807) is 30.0 Å². The van der Waals surface area contributed by atoms with Crippen LogP contribution in [0.25, 0.3) is 0 Å². The van der Waals surface area contributed by atoms with Crippen LogP contribution in [-0.4, -0.2) is 83.2 Å². The summed E-state index contributed by atoms with van der Waals surface area (Å²) in [6.45, 7) is 6.20. The van der Waals surface area contributed by atoms with Crippen LogP contribution >= 0.6 is 23.2 Å². The molecule has 2 aliphatic heterocycles. The van der Waals surface area contributed by atoms with E-state index in [0.717, 1.165) is 38.9 Å². The number of urea groups is 1. The van der Waals surface area contributed by atoms with E-state index in [0.29, 0.717) is 35.4 Å². The number of amides is 3. The molecule has 0 aromatic heterocycles. The van der Waals surface area contributed by atoms with Gasteiger partial charge in [0.15, 0.2) is 0 Å². The van der Waals surface area contributed by atoms with E-state index in [-0.39, 0.29) is 18.0 Å². The fourth-order valence-corrected chi connectivity index (χ4v) is 4.12. The number of halogens is 2. The molecule has 2 heterocycles. The number of anilines is 1. The molecule has 0 aliphatic carbocycles. The van der Waals surface area contributed by atoms with Crippen LogP contribution in [-0.2, 0) is 4.79 Å². The zero-order valence-corrected chi connectivity index (χ0v) is 18.1. The monoisotopic (exact) mass is 442 g/mol. The average Bonchev–Trinajstić information content (AvgIpc) is 2.69. The molecule has 2 N–H and O–H groups in total. The van der Waals surface area contributed by atoms with Crippen LogP contribution in [0.2, 0.25) is 10.0 Å². The maximum atomic E-state index is 12.7. The molecular formula is C20H28Cl2N4O3. The number of carbonyl (C=O) groups excluding carboxylic acids is 2. The van der Waals surface area contributed by atoms with Crippen molar-refractivity contribution < 1.29 is 14.7 Å². The van der Waals surface area contributed by atoms with Crippen molar-refractivity contribution in [2.75, 3.05) is 44.6 Å². The van der Waals surface area contributed by atoms with E-state index < -0.39 is 6.04 Å². The molecule has 9 heteroatoms. The van der Waals surface area contributed by atoms with E-state index in [2.05, 4.69) is 10.2 Å². The van der Waals surface area contributed by atoms with Gasteiger partial charge in [-0.2, -0.15) is 0 Å². The lowest BCUT2D eigenvalue weighted by Crippen LogP contribution is -2.58. The van der Waals surface area contributed by atoms with Gasteiger partial charge in [0, 0.05) is 38.4 Å². The van der Waals surface area contributed by atoms with Crippen molar-refractivity contribution in [3.05, 3.63) is 28.2 Å².